The number of hydrogen-bond donors (Lipinski definition) is 2. The number of anilines is 2. The van der Waals surface area contributed by atoms with E-state index in [1.165, 1.54) is 0 Å². The van der Waals surface area contributed by atoms with E-state index in [1.54, 1.807) is 24.3 Å². The first-order chi connectivity index (χ1) is 13.3. The molecular formula is C21H27N5O2. The van der Waals surface area contributed by atoms with Crippen LogP contribution in [0.2, 0.25) is 0 Å². The minimum atomic E-state index is -0.112. The molecule has 1 aromatic heterocycles. The molecule has 1 aromatic carbocycles. The molecule has 2 amide bonds. The van der Waals surface area contributed by atoms with Gasteiger partial charge in [0.05, 0.1) is 24.7 Å². The van der Waals surface area contributed by atoms with Crippen molar-refractivity contribution in [2.24, 2.45) is 5.92 Å². The quantitative estimate of drug-likeness (QED) is 0.730. The highest BCUT2D eigenvalue weighted by molar-refractivity contribution is 5.94. The minimum Gasteiger partial charge on any atom is -0.326 e. The minimum absolute atomic E-state index is 0.0668. The number of rotatable bonds is 8. The van der Waals surface area contributed by atoms with E-state index in [1.807, 2.05) is 32.4 Å². The van der Waals surface area contributed by atoms with Crippen molar-refractivity contribution in [2.75, 3.05) is 10.6 Å². The van der Waals surface area contributed by atoms with Gasteiger partial charge in [-0.15, -0.1) is 0 Å². The van der Waals surface area contributed by atoms with E-state index < -0.39 is 0 Å². The highest BCUT2D eigenvalue weighted by atomic mass is 16.2. The van der Waals surface area contributed by atoms with Crippen LogP contribution in [0, 0.1) is 31.1 Å². The summed E-state index contributed by atoms with van der Waals surface area (Å²) in [6.45, 7) is 8.10. The zero-order valence-corrected chi connectivity index (χ0v) is 16.9. The molecule has 7 heteroatoms. The van der Waals surface area contributed by atoms with Crippen LogP contribution < -0.4 is 10.6 Å². The van der Waals surface area contributed by atoms with Gasteiger partial charge in [0, 0.05) is 29.4 Å². The van der Waals surface area contributed by atoms with Gasteiger partial charge in [-0.2, -0.15) is 10.4 Å². The third-order valence-corrected chi connectivity index (χ3v) is 4.51. The maximum Gasteiger partial charge on any atom is 0.226 e. The van der Waals surface area contributed by atoms with Crippen molar-refractivity contribution in [2.45, 2.75) is 53.5 Å². The lowest BCUT2D eigenvalue weighted by molar-refractivity contribution is -0.119. The largest absolute Gasteiger partial charge is 0.326 e. The smallest absolute Gasteiger partial charge is 0.226 e. The van der Waals surface area contributed by atoms with Gasteiger partial charge in [0.2, 0.25) is 11.8 Å². The van der Waals surface area contributed by atoms with Crippen molar-refractivity contribution in [3.05, 3.63) is 41.2 Å². The average molecular weight is 381 g/mol. The molecule has 7 nitrogen and oxygen atoms in total. The molecule has 0 aliphatic rings. The van der Waals surface area contributed by atoms with E-state index in [0.717, 1.165) is 17.0 Å². The summed E-state index contributed by atoms with van der Waals surface area (Å²) < 4.78 is 1.83. The van der Waals surface area contributed by atoms with Crippen molar-refractivity contribution >= 4 is 23.2 Å². The van der Waals surface area contributed by atoms with Crippen molar-refractivity contribution in [1.82, 2.24) is 9.78 Å². The molecule has 0 saturated heterocycles. The van der Waals surface area contributed by atoms with E-state index in [0.29, 0.717) is 37.2 Å². The number of nitriles is 1. The van der Waals surface area contributed by atoms with Crippen LogP contribution in [0.4, 0.5) is 11.4 Å². The SMILES string of the molecule is Cc1nn(CCC#N)c(C)c1CCC(=O)Nc1cccc(NC(=O)C(C)C)c1. The van der Waals surface area contributed by atoms with Crippen LogP contribution in [0.5, 0.6) is 0 Å². The van der Waals surface area contributed by atoms with Crippen LogP contribution in [-0.2, 0) is 22.6 Å². The molecule has 2 N–H and O–H groups in total. The maximum absolute atomic E-state index is 12.4. The predicted molar refractivity (Wildman–Crippen MR) is 109 cm³/mol. The lowest BCUT2D eigenvalue weighted by Gasteiger charge is -2.10. The van der Waals surface area contributed by atoms with Crippen LogP contribution in [0.1, 0.15) is 43.6 Å². The Bertz CT molecular complexity index is 893. The Morgan fingerprint density at radius 3 is 2.54 bits per heavy atom. The fourth-order valence-corrected chi connectivity index (χ4v) is 2.89. The Kier molecular flexibility index (Phi) is 7.33. The molecule has 0 aliphatic carbocycles. The number of hydrogen-bond acceptors (Lipinski definition) is 4. The Morgan fingerprint density at radius 2 is 1.89 bits per heavy atom. The van der Waals surface area contributed by atoms with E-state index in [4.69, 9.17) is 5.26 Å². The summed E-state index contributed by atoms with van der Waals surface area (Å²) in [5.74, 6) is -0.280. The molecule has 2 rings (SSSR count). The molecule has 148 valence electrons. The van der Waals surface area contributed by atoms with Crippen molar-refractivity contribution < 1.29 is 9.59 Å². The first kappa shape index (κ1) is 21.2. The predicted octanol–water partition coefficient (Wildman–Crippen LogP) is 3.58. The third-order valence-electron chi connectivity index (χ3n) is 4.51. The fraction of sp³-hybridized carbons (Fsp3) is 0.429. The number of carbonyl (C=O) groups excluding carboxylic acids is 2. The van der Waals surface area contributed by atoms with Gasteiger partial charge in [0.15, 0.2) is 0 Å². The fourth-order valence-electron chi connectivity index (χ4n) is 2.89. The van der Waals surface area contributed by atoms with Gasteiger partial charge in [-0.05, 0) is 44.0 Å². The summed E-state index contributed by atoms with van der Waals surface area (Å²) in [5.41, 5.74) is 4.23. The molecule has 0 saturated carbocycles. The van der Waals surface area contributed by atoms with Gasteiger partial charge in [-0.1, -0.05) is 19.9 Å². The van der Waals surface area contributed by atoms with E-state index in [-0.39, 0.29) is 17.7 Å². The monoisotopic (exact) mass is 381 g/mol. The summed E-state index contributed by atoms with van der Waals surface area (Å²) in [6.07, 6.45) is 1.32. The van der Waals surface area contributed by atoms with E-state index in [2.05, 4.69) is 21.8 Å². The Morgan fingerprint density at radius 1 is 1.21 bits per heavy atom. The second kappa shape index (κ2) is 9.70. The van der Waals surface area contributed by atoms with Crippen LogP contribution in [0.15, 0.2) is 24.3 Å². The molecule has 28 heavy (non-hydrogen) atoms. The zero-order chi connectivity index (χ0) is 20.7. The molecule has 0 spiro atoms. The first-order valence-electron chi connectivity index (χ1n) is 9.42. The number of nitrogens with zero attached hydrogens (tertiary/aromatic N) is 3. The molecule has 1 heterocycles. The number of amides is 2. The lowest BCUT2D eigenvalue weighted by Crippen LogP contribution is -2.18. The highest BCUT2D eigenvalue weighted by Crippen LogP contribution is 2.18. The Hall–Kier alpha value is -3.14. The number of aromatic nitrogens is 2. The van der Waals surface area contributed by atoms with Crippen molar-refractivity contribution in [3.63, 3.8) is 0 Å². The normalized spacial score (nSPS) is 10.6. The van der Waals surface area contributed by atoms with Crippen LogP contribution in [0.25, 0.3) is 0 Å². The Labute approximate surface area is 165 Å². The van der Waals surface area contributed by atoms with Gasteiger partial charge < -0.3 is 10.6 Å². The molecule has 0 fully saturated rings. The lowest BCUT2D eigenvalue weighted by atomic mass is 10.1. The molecule has 0 atom stereocenters. The molecular weight excluding hydrogens is 354 g/mol. The topological polar surface area (TPSA) is 99.8 Å². The van der Waals surface area contributed by atoms with Gasteiger partial charge in [-0.25, -0.2) is 0 Å². The van der Waals surface area contributed by atoms with Gasteiger partial charge in [0.25, 0.3) is 0 Å². The zero-order valence-electron chi connectivity index (χ0n) is 16.9. The van der Waals surface area contributed by atoms with Gasteiger partial charge in [0.1, 0.15) is 0 Å². The van der Waals surface area contributed by atoms with Gasteiger partial charge in [-0.3, -0.25) is 14.3 Å². The van der Waals surface area contributed by atoms with Gasteiger partial charge >= 0.3 is 0 Å². The van der Waals surface area contributed by atoms with Crippen LogP contribution in [-0.4, -0.2) is 21.6 Å². The van der Waals surface area contributed by atoms with Crippen LogP contribution >= 0.6 is 0 Å². The maximum atomic E-state index is 12.4. The standard InChI is InChI=1S/C21H27N5O2/c1-14(2)21(28)24-18-8-5-7-17(13-18)23-20(27)10-9-19-15(3)25-26(16(19)4)12-6-11-22/h5,7-8,13-14H,6,9-10,12H2,1-4H3,(H,23,27)(H,24,28). The number of carbonyl (C=O) groups is 2. The Balaban J connectivity index is 1.96. The molecule has 0 radical (unpaired) electrons. The molecule has 0 unspecified atom stereocenters. The molecule has 0 bridgehead atoms. The first-order valence-corrected chi connectivity index (χ1v) is 9.42. The van der Waals surface area contributed by atoms with Crippen LogP contribution in [0.3, 0.4) is 0 Å². The molecule has 0 aliphatic heterocycles. The van der Waals surface area contributed by atoms with E-state index in [9.17, 15) is 9.59 Å². The average Bonchev–Trinajstić information content (AvgIpc) is 2.91. The van der Waals surface area contributed by atoms with Crippen molar-refractivity contribution in [1.29, 1.82) is 5.26 Å². The second-order valence-corrected chi connectivity index (χ2v) is 7.05. The van der Waals surface area contributed by atoms with E-state index >= 15 is 0 Å². The number of nitrogens with one attached hydrogen (secondary N) is 2. The third kappa shape index (κ3) is 5.68. The summed E-state index contributed by atoms with van der Waals surface area (Å²) in [5, 5.41) is 18.9. The highest BCUT2D eigenvalue weighted by Gasteiger charge is 2.13. The summed E-state index contributed by atoms with van der Waals surface area (Å²) in [4.78, 5) is 24.2. The summed E-state index contributed by atoms with van der Waals surface area (Å²) in [6, 6.07) is 9.24. The summed E-state index contributed by atoms with van der Waals surface area (Å²) in [7, 11) is 0. The number of benzene rings is 1. The second-order valence-electron chi connectivity index (χ2n) is 7.05. The molecule has 2 aromatic rings. The number of aryl methyl sites for hydroxylation is 2. The summed E-state index contributed by atoms with van der Waals surface area (Å²) >= 11 is 0. The van der Waals surface area contributed by atoms with Crippen molar-refractivity contribution in [3.8, 4) is 6.07 Å².